The highest BCUT2D eigenvalue weighted by atomic mass is 16.4. The Morgan fingerprint density at radius 3 is 0.917 bits per heavy atom. The van der Waals surface area contributed by atoms with E-state index in [0.29, 0.717) is 12.8 Å². The van der Waals surface area contributed by atoms with Gasteiger partial charge < -0.3 is 45.5 Å². The first-order valence-electron chi connectivity index (χ1n) is 18.3. The number of rotatable bonds is 32. The van der Waals surface area contributed by atoms with Crippen LogP contribution in [-0.4, -0.2) is 126 Å². The van der Waals surface area contributed by atoms with Crippen molar-refractivity contribution in [2.45, 2.75) is 173 Å². The number of aliphatic hydroxyl groups excluding tert-OH is 5. The molecular formula is C35H66N2O11. The van der Waals surface area contributed by atoms with Crippen LogP contribution in [0.3, 0.4) is 0 Å². The van der Waals surface area contributed by atoms with Crippen LogP contribution in [0.5, 0.6) is 0 Å². The number of carbonyl (C=O) groups is 4. The summed E-state index contributed by atoms with van der Waals surface area (Å²) in [7, 11) is 0. The van der Waals surface area contributed by atoms with E-state index in [1.807, 2.05) is 0 Å². The lowest BCUT2D eigenvalue weighted by atomic mass is 10.1. The molecule has 7 N–H and O–H groups in total. The minimum atomic E-state index is -2.37. The van der Waals surface area contributed by atoms with Crippen LogP contribution in [0.1, 0.15) is 142 Å². The third-order valence-corrected chi connectivity index (χ3v) is 8.66. The van der Waals surface area contributed by atoms with Gasteiger partial charge in [0.05, 0.1) is 6.10 Å². The molecule has 0 spiro atoms. The Bertz CT molecular complexity index is 807. The summed E-state index contributed by atoms with van der Waals surface area (Å²) in [4.78, 5) is 50.5. The molecule has 282 valence electrons. The number of carbonyl (C=O) groups excluding carboxylic acids is 2. The lowest BCUT2D eigenvalue weighted by Gasteiger charge is -2.32. The van der Waals surface area contributed by atoms with Crippen LogP contribution in [0.4, 0.5) is 0 Å². The fourth-order valence-corrected chi connectivity index (χ4v) is 5.64. The summed E-state index contributed by atoms with van der Waals surface area (Å²) in [5.41, 5.74) is 0. The third-order valence-electron chi connectivity index (χ3n) is 8.66. The summed E-state index contributed by atoms with van der Waals surface area (Å²) in [5, 5.41) is 69.1. The Hall–Kier alpha value is -2.32. The van der Waals surface area contributed by atoms with Crippen LogP contribution in [0.2, 0.25) is 0 Å². The number of nitrogens with zero attached hydrogens (tertiary/aromatic N) is 2. The summed E-state index contributed by atoms with van der Waals surface area (Å²) >= 11 is 0. The summed E-state index contributed by atoms with van der Waals surface area (Å²) in [6.45, 7) is 3.62. The molecule has 4 atom stereocenters. The molecule has 4 unspecified atom stereocenters. The largest absolute Gasteiger partial charge is 0.479 e. The monoisotopic (exact) mass is 690 g/mol. The van der Waals surface area contributed by atoms with Crippen molar-refractivity contribution in [1.82, 2.24) is 9.80 Å². The second-order valence-electron chi connectivity index (χ2n) is 13.0. The maximum atomic E-state index is 13.0. The van der Waals surface area contributed by atoms with Crippen molar-refractivity contribution < 1.29 is 54.9 Å². The quantitative estimate of drug-likeness (QED) is 0.0507. The number of amides is 2. The molecule has 0 bridgehead atoms. The van der Waals surface area contributed by atoms with Crippen LogP contribution < -0.4 is 0 Å². The van der Waals surface area contributed by atoms with Crippen molar-refractivity contribution in [3.05, 3.63) is 0 Å². The molecule has 0 radical (unpaired) electrons. The van der Waals surface area contributed by atoms with Gasteiger partial charge in [0.2, 0.25) is 0 Å². The molecule has 0 aliphatic carbocycles. The van der Waals surface area contributed by atoms with Crippen molar-refractivity contribution in [2.24, 2.45) is 0 Å². The van der Waals surface area contributed by atoms with E-state index in [2.05, 4.69) is 13.8 Å². The Labute approximate surface area is 287 Å². The lowest BCUT2D eigenvalue weighted by Crippen LogP contribution is -2.53. The van der Waals surface area contributed by atoms with Gasteiger partial charge in [0.1, 0.15) is 0 Å². The minimum Gasteiger partial charge on any atom is -0.479 e. The van der Waals surface area contributed by atoms with E-state index >= 15 is 0 Å². The number of unbranched alkanes of at least 4 members (excludes halogenated alkanes) is 18. The van der Waals surface area contributed by atoms with Crippen molar-refractivity contribution in [3.8, 4) is 0 Å². The number of carboxylic acid groups (broad SMARTS) is 2. The predicted molar refractivity (Wildman–Crippen MR) is 182 cm³/mol. The van der Waals surface area contributed by atoms with E-state index in [1.54, 1.807) is 0 Å². The zero-order valence-electron chi connectivity index (χ0n) is 29.5. The summed E-state index contributed by atoms with van der Waals surface area (Å²) < 4.78 is 0. The van der Waals surface area contributed by atoms with Gasteiger partial charge >= 0.3 is 11.9 Å². The standard InChI is InChI=1S/C35H66N2O11/c1-3-5-7-9-11-13-15-17-19-21-23-36(32(43)28(39)30(41)34(45)46)25-27(38)26-37(33(44)29(40)31(42)35(47)48)24-22-20-18-16-14-12-10-8-6-4-2/h27-31,38-42H,3-26H2,1-2H3,(H,45,46)(H,47,48). The van der Waals surface area contributed by atoms with Crippen molar-refractivity contribution in [2.75, 3.05) is 26.2 Å². The molecule has 0 aromatic heterocycles. The number of hydrogen-bond acceptors (Lipinski definition) is 9. The smallest absolute Gasteiger partial charge is 0.335 e. The van der Waals surface area contributed by atoms with Crippen LogP contribution in [0, 0.1) is 0 Å². The van der Waals surface area contributed by atoms with E-state index in [1.165, 1.54) is 51.4 Å². The van der Waals surface area contributed by atoms with Gasteiger partial charge in [0.25, 0.3) is 11.8 Å². The summed E-state index contributed by atoms with van der Waals surface area (Å²) in [6, 6.07) is 0. The molecule has 0 aliphatic rings. The zero-order chi connectivity index (χ0) is 36.3. The van der Waals surface area contributed by atoms with Gasteiger partial charge in [-0.1, -0.05) is 129 Å². The fourth-order valence-electron chi connectivity index (χ4n) is 5.64. The van der Waals surface area contributed by atoms with E-state index < -0.39 is 67.4 Å². The molecule has 0 aromatic rings. The third kappa shape index (κ3) is 20.9. The SMILES string of the molecule is CCCCCCCCCCCCN(CC(O)CN(CCCCCCCCCCCC)C(=O)C(O)C(O)C(=O)O)C(=O)C(O)C(O)C(=O)O. The summed E-state index contributed by atoms with van der Waals surface area (Å²) in [5.74, 6) is -5.74. The average Bonchev–Trinajstić information content (AvgIpc) is 3.06. The number of hydrogen-bond donors (Lipinski definition) is 7. The second-order valence-corrected chi connectivity index (χ2v) is 13.0. The second kappa shape index (κ2) is 28.5. The Balaban J connectivity index is 5.32. The maximum Gasteiger partial charge on any atom is 0.335 e. The molecule has 48 heavy (non-hydrogen) atoms. The number of aliphatic carboxylic acids is 2. The Kier molecular flexibility index (Phi) is 27.1. The molecule has 0 heterocycles. The van der Waals surface area contributed by atoms with Crippen molar-refractivity contribution in [1.29, 1.82) is 0 Å². The average molecular weight is 691 g/mol. The van der Waals surface area contributed by atoms with Crippen LogP contribution in [0.25, 0.3) is 0 Å². The highest BCUT2D eigenvalue weighted by Gasteiger charge is 2.36. The maximum absolute atomic E-state index is 13.0. The molecule has 13 heteroatoms. The van der Waals surface area contributed by atoms with E-state index in [4.69, 9.17) is 10.2 Å². The van der Waals surface area contributed by atoms with Crippen molar-refractivity contribution >= 4 is 23.8 Å². The molecule has 0 saturated carbocycles. The van der Waals surface area contributed by atoms with Crippen molar-refractivity contribution in [3.63, 3.8) is 0 Å². The van der Waals surface area contributed by atoms with Crippen LogP contribution in [0.15, 0.2) is 0 Å². The first-order valence-corrected chi connectivity index (χ1v) is 18.3. The fraction of sp³-hybridized carbons (Fsp3) is 0.886. The van der Waals surface area contributed by atoms with Gasteiger partial charge in [-0.05, 0) is 12.8 Å². The highest BCUT2D eigenvalue weighted by molar-refractivity contribution is 5.88. The predicted octanol–water partition coefficient (Wildman–Crippen LogP) is 3.46. The molecule has 0 rings (SSSR count). The Morgan fingerprint density at radius 2 is 0.667 bits per heavy atom. The van der Waals surface area contributed by atoms with Crippen LogP contribution in [-0.2, 0) is 19.2 Å². The van der Waals surface area contributed by atoms with Gasteiger partial charge in [-0.25, -0.2) is 9.59 Å². The molecule has 0 aromatic carbocycles. The molecule has 0 fully saturated rings. The molecular weight excluding hydrogens is 624 g/mol. The summed E-state index contributed by atoms with van der Waals surface area (Å²) in [6.07, 6.45) is 9.81. The normalized spacial score (nSPS) is 14.6. The zero-order valence-corrected chi connectivity index (χ0v) is 29.5. The van der Waals surface area contributed by atoms with E-state index in [0.717, 1.165) is 74.0 Å². The van der Waals surface area contributed by atoms with E-state index in [9.17, 15) is 44.7 Å². The Morgan fingerprint density at radius 1 is 0.417 bits per heavy atom. The molecule has 0 aliphatic heterocycles. The van der Waals surface area contributed by atoms with E-state index in [-0.39, 0.29) is 13.1 Å². The number of carboxylic acids is 2. The minimum absolute atomic E-state index is 0.0581. The first-order chi connectivity index (χ1) is 22.9. The van der Waals surface area contributed by atoms with Gasteiger partial charge in [-0.3, -0.25) is 9.59 Å². The van der Waals surface area contributed by atoms with Gasteiger partial charge in [-0.15, -0.1) is 0 Å². The van der Waals surface area contributed by atoms with Gasteiger partial charge in [0, 0.05) is 26.2 Å². The highest BCUT2D eigenvalue weighted by Crippen LogP contribution is 2.14. The first kappa shape index (κ1) is 45.7. The van der Waals surface area contributed by atoms with Gasteiger partial charge in [0.15, 0.2) is 24.4 Å². The van der Waals surface area contributed by atoms with Crippen LogP contribution >= 0.6 is 0 Å². The molecule has 13 nitrogen and oxygen atoms in total. The molecule has 2 amide bonds. The lowest BCUT2D eigenvalue weighted by molar-refractivity contribution is -0.164. The topological polar surface area (TPSA) is 216 Å². The molecule has 0 saturated heterocycles. The number of aliphatic hydroxyl groups is 5. The van der Waals surface area contributed by atoms with Gasteiger partial charge in [-0.2, -0.15) is 0 Å².